The first-order valence-electron chi connectivity index (χ1n) is 15.5. The first-order valence-corrected chi connectivity index (χ1v) is 16.9. The fourth-order valence-corrected chi connectivity index (χ4v) is 6.84. The summed E-state index contributed by atoms with van der Waals surface area (Å²) < 4.78 is 28.8. The Morgan fingerprint density at radius 3 is 2.06 bits per heavy atom. The van der Waals surface area contributed by atoms with Gasteiger partial charge in [-0.05, 0) is 60.5 Å². The van der Waals surface area contributed by atoms with Crippen LogP contribution in [-0.2, 0) is 27.8 Å². The van der Waals surface area contributed by atoms with Gasteiger partial charge in [0.25, 0.3) is 0 Å². The lowest BCUT2D eigenvalue weighted by Crippen LogP contribution is -2.56. The van der Waals surface area contributed by atoms with Crippen LogP contribution in [0.3, 0.4) is 0 Å². The Kier molecular flexibility index (Phi) is 14.3. The van der Waals surface area contributed by atoms with Gasteiger partial charge in [-0.25, -0.2) is 13.2 Å². The Bertz CT molecular complexity index is 1540. The zero-order valence-corrected chi connectivity index (χ0v) is 27.5. The number of amides is 2. The number of rotatable bonds is 18. The molecule has 12 nitrogen and oxygen atoms in total. The van der Waals surface area contributed by atoms with Crippen LogP contribution in [0.2, 0.25) is 0 Å². The number of aliphatic hydroxyl groups is 1. The van der Waals surface area contributed by atoms with E-state index in [0.717, 1.165) is 10.5 Å². The molecule has 0 saturated carbocycles. The number of nitrogens with one attached hydrogen (secondary N) is 1. The maximum absolute atomic E-state index is 13.9. The molecule has 0 saturated heterocycles. The number of oxime groups is 1. The number of aliphatic hydroxyl groups excluding tert-OH is 1. The summed E-state index contributed by atoms with van der Waals surface area (Å²) in [5.74, 6) is -0.709. The molecule has 3 rings (SSSR count). The second kappa shape index (κ2) is 18.1. The number of nitrogens with zero attached hydrogens (tertiary/aromatic N) is 3. The van der Waals surface area contributed by atoms with Gasteiger partial charge in [0.15, 0.2) is 0 Å². The molecule has 0 heterocycles. The van der Waals surface area contributed by atoms with Gasteiger partial charge in [0.1, 0.15) is 6.04 Å². The summed E-state index contributed by atoms with van der Waals surface area (Å²) in [5, 5.41) is 36.4. The van der Waals surface area contributed by atoms with Crippen LogP contribution in [0.4, 0.5) is 4.79 Å². The minimum atomic E-state index is -4.09. The predicted molar refractivity (Wildman–Crippen MR) is 180 cm³/mol. The van der Waals surface area contributed by atoms with Crippen molar-refractivity contribution in [2.75, 3.05) is 19.6 Å². The summed E-state index contributed by atoms with van der Waals surface area (Å²) in [7, 11) is -4.09. The molecule has 254 valence electrons. The van der Waals surface area contributed by atoms with Gasteiger partial charge < -0.3 is 26.5 Å². The largest absolute Gasteiger partial charge is 0.465 e. The van der Waals surface area contributed by atoms with Crippen LogP contribution >= 0.6 is 0 Å². The van der Waals surface area contributed by atoms with Crippen LogP contribution < -0.4 is 11.1 Å². The smallest absolute Gasteiger partial charge is 0.408 e. The van der Waals surface area contributed by atoms with E-state index in [1.165, 1.54) is 34.8 Å². The number of sulfonamides is 1. The zero-order valence-electron chi connectivity index (χ0n) is 26.7. The Morgan fingerprint density at radius 1 is 0.936 bits per heavy atom. The topological polar surface area (TPSA) is 186 Å². The number of carbonyl (C=O) groups excluding carboxylic acids is 1. The highest BCUT2D eigenvalue weighted by Gasteiger charge is 2.35. The van der Waals surface area contributed by atoms with E-state index in [-0.39, 0.29) is 49.8 Å². The molecule has 3 aromatic carbocycles. The van der Waals surface area contributed by atoms with Crippen molar-refractivity contribution in [1.82, 2.24) is 14.5 Å². The second-order valence-electron chi connectivity index (χ2n) is 11.7. The second-order valence-corrected chi connectivity index (χ2v) is 13.7. The van der Waals surface area contributed by atoms with Gasteiger partial charge in [0, 0.05) is 19.6 Å². The lowest BCUT2D eigenvalue weighted by Gasteiger charge is -2.33. The third-order valence-corrected chi connectivity index (χ3v) is 9.42. The summed E-state index contributed by atoms with van der Waals surface area (Å²) in [6.45, 7) is 3.68. The Morgan fingerprint density at radius 2 is 1.53 bits per heavy atom. The first kappa shape index (κ1) is 37.2. The quantitative estimate of drug-likeness (QED) is 0.0775. The molecule has 0 aliphatic heterocycles. The molecule has 3 atom stereocenters. The summed E-state index contributed by atoms with van der Waals surface area (Å²) in [6.07, 6.45) is -0.775. The molecule has 0 aliphatic carbocycles. The highest BCUT2D eigenvalue weighted by molar-refractivity contribution is 7.89. The van der Waals surface area contributed by atoms with Crippen LogP contribution in [0.5, 0.6) is 0 Å². The first-order chi connectivity index (χ1) is 22.5. The third kappa shape index (κ3) is 11.2. The fraction of sp³-hybridized carbons (Fsp3) is 0.382. The number of carboxylic acid groups (broad SMARTS) is 1. The molecule has 0 fully saturated rings. The van der Waals surface area contributed by atoms with Crippen molar-refractivity contribution in [3.63, 3.8) is 0 Å². The van der Waals surface area contributed by atoms with Crippen molar-refractivity contribution >= 4 is 28.2 Å². The molecule has 6 N–H and O–H groups in total. The molecular formula is C34H45N5O7S. The minimum Gasteiger partial charge on any atom is -0.465 e. The van der Waals surface area contributed by atoms with Crippen molar-refractivity contribution < 1.29 is 33.4 Å². The van der Waals surface area contributed by atoms with Crippen LogP contribution in [0.15, 0.2) is 95.0 Å². The lowest BCUT2D eigenvalue weighted by molar-refractivity contribution is -0.128. The summed E-state index contributed by atoms with van der Waals surface area (Å²) in [6, 6.07) is 21.8. The van der Waals surface area contributed by atoms with E-state index in [9.17, 15) is 28.2 Å². The van der Waals surface area contributed by atoms with Gasteiger partial charge in [-0.2, -0.15) is 4.31 Å². The maximum Gasteiger partial charge on any atom is 0.408 e. The zero-order chi connectivity index (χ0) is 34.4. The van der Waals surface area contributed by atoms with Crippen LogP contribution in [-0.4, -0.2) is 89.1 Å². The molecular weight excluding hydrogens is 622 g/mol. The molecule has 0 bridgehead atoms. The van der Waals surface area contributed by atoms with Gasteiger partial charge in [-0.1, -0.05) is 91.8 Å². The SMILES string of the molecule is CC(C)CN(C[C@@H](O)[C@H](Cc1ccccc1)NC(=O)[C@H](CCCN)N(Cc1ccccc1)C(=O)O)S(=O)(=O)c1ccc(/C=N/O)cc1. The number of carbonyl (C=O) groups is 2. The van der Waals surface area contributed by atoms with Crippen molar-refractivity contribution in [2.24, 2.45) is 16.8 Å². The van der Waals surface area contributed by atoms with E-state index in [0.29, 0.717) is 17.5 Å². The van der Waals surface area contributed by atoms with E-state index in [1.807, 2.05) is 50.2 Å². The molecule has 0 aromatic heterocycles. The molecule has 0 unspecified atom stereocenters. The molecule has 13 heteroatoms. The lowest BCUT2D eigenvalue weighted by atomic mass is 9.99. The van der Waals surface area contributed by atoms with Crippen LogP contribution in [0.1, 0.15) is 43.4 Å². The van der Waals surface area contributed by atoms with Crippen LogP contribution in [0.25, 0.3) is 0 Å². The summed E-state index contributed by atoms with van der Waals surface area (Å²) in [4.78, 5) is 27.4. The number of hydrogen-bond donors (Lipinski definition) is 5. The van der Waals surface area contributed by atoms with E-state index in [1.54, 1.807) is 24.3 Å². The molecule has 0 spiro atoms. The number of benzene rings is 3. The molecule has 3 aromatic rings. The maximum atomic E-state index is 13.9. The molecule has 47 heavy (non-hydrogen) atoms. The minimum absolute atomic E-state index is 0.0102. The molecule has 0 aliphatic rings. The standard InChI is InChI=1S/C34H45N5O7S/c1-25(2)22-38(47(45,46)29-17-15-27(16-18-29)21-36-44)24-32(40)30(20-26-10-5-3-6-11-26)37-33(41)31(14-9-19-35)39(34(42)43)23-28-12-7-4-8-13-28/h3-8,10-13,15-18,21,25,30-32,40,44H,9,14,19-20,22-24,35H2,1-2H3,(H,37,41)(H,42,43)/b36-21+/t30-,31-,32+/m0/s1. The van der Waals surface area contributed by atoms with E-state index in [2.05, 4.69) is 10.5 Å². The highest BCUT2D eigenvalue weighted by Crippen LogP contribution is 2.21. The van der Waals surface area contributed by atoms with E-state index >= 15 is 0 Å². The van der Waals surface area contributed by atoms with Crippen molar-refractivity contribution in [1.29, 1.82) is 0 Å². The van der Waals surface area contributed by atoms with Gasteiger partial charge in [-0.15, -0.1) is 0 Å². The van der Waals surface area contributed by atoms with Crippen molar-refractivity contribution in [3.05, 3.63) is 102 Å². The Hall–Kier alpha value is -4.30. The number of nitrogens with two attached hydrogens (primary N) is 1. The van der Waals surface area contributed by atoms with Gasteiger partial charge in [0.2, 0.25) is 15.9 Å². The normalized spacial score (nSPS) is 13.8. The Balaban J connectivity index is 1.94. The number of hydrogen-bond acceptors (Lipinski definition) is 8. The average molecular weight is 668 g/mol. The molecule has 0 radical (unpaired) electrons. The monoisotopic (exact) mass is 667 g/mol. The van der Waals surface area contributed by atoms with Crippen molar-refractivity contribution in [3.8, 4) is 0 Å². The van der Waals surface area contributed by atoms with Crippen molar-refractivity contribution in [2.45, 2.75) is 62.7 Å². The van der Waals surface area contributed by atoms with Gasteiger partial charge in [-0.3, -0.25) is 9.69 Å². The third-order valence-electron chi connectivity index (χ3n) is 7.58. The van der Waals surface area contributed by atoms with Gasteiger partial charge >= 0.3 is 6.09 Å². The predicted octanol–water partition coefficient (Wildman–Crippen LogP) is 3.52. The van der Waals surface area contributed by atoms with Crippen LogP contribution in [0, 0.1) is 5.92 Å². The average Bonchev–Trinajstić information content (AvgIpc) is 3.04. The van der Waals surface area contributed by atoms with E-state index in [4.69, 9.17) is 10.9 Å². The summed E-state index contributed by atoms with van der Waals surface area (Å²) in [5.41, 5.74) is 7.73. The fourth-order valence-electron chi connectivity index (χ4n) is 5.22. The van der Waals surface area contributed by atoms with E-state index < -0.39 is 40.2 Å². The molecule has 2 amide bonds. The van der Waals surface area contributed by atoms with Gasteiger partial charge in [0.05, 0.1) is 23.3 Å². The summed E-state index contributed by atoms with van der Waals surface area (Å²) >= 11 is 0. The highest BCUT2D eigenvalue weighted by atomic mass is 32.2. The Labute approximate surface area is 276 Å².